The Morgan fingerprint density at radius 2 is 0.739 bits per heavy atom. The van der Waals surface area contributed by atoms with Crippen molar-refractivity contribution in [1.82, 2.24) is 5.32 Å². The lowest BCUT2D eigenvalue weighted by molar-refractivity contribution is 0.539. The fourth-order valence-corrected chi connectivity index (χ4v) is 7.79. The van der Waals surface area contributed by atoms with Gasteiger partial charge < -0.3 is 5.32 Å². The SMILES string of the molecule is CC(c1ccccc1)(c1ccccc1)c1ccc(C(c2ccc(C(C)(c3ccccc3)c3ccccc3)cc2)[C@@H]2CCCN2)cc1. The smallest absolute Gasteiger partial charge is 0.0423 e. The zero-order valence-electron chi connectivity index (χ0n) is 26.9. The van der Waals surface area contributed by atoms with E-state index in [1.54, 1.807) is 0 Å². The van der Waals surface area contributed by atoms with Gasteiger partial charge in [-0.25, -0.2) is 0 Å². The third-order valence-electron chi connectivity index (χ3n) is 10.6. The molecule has 1 nitrogen and oxygen atoms in total. The molecule has 0 amide bonds. The first kappa shape index (κ1) is 30.0. The predicted octanol–water partition coefficient (Wildman–Crippen LogP) is 10.3. The van der Waals surface area contributed by atoms with Crippen LogP contribution in [0.25, 0.3) is 0 Å². The maximum atomic E-state index is 3.85. The van der Waals surface area contributed by atoms with E-state index in [0.717, 1.165) is 6.54 Å². The quantitative estimate of drug-likeness (QED) is 0.164. The Balaban J connectivity index is 1.27. The molecule has 0 radical (unpaired) electrons. The Morgan fingerprint density at radius 1 is 0.435 bits per heavy atom. The number of rotatable bonds is 9. The summed E-state index contributed by atoms with van der Waals surface area (Å²) in [4.78, 5) is 0. The number of hydrogen-bond donors (Lipinski definition) is 1. The van der Waals surface area contributed by atoms with Gasteiger partial charge in [0.1, 0.15) is 0 Å². The van der Waals surface area contributed by atoms with Crippen molar-refractivity contribution in [2.75, 3.05) is 6.54 Å². The summed E-state index contributed by atoms with van der Waals surface area (Å²) in [6.45, 7) is 5.80. The molecule has 1 aliphatic heterocycles. The van der Waals surface area contributed by atoms with Gasteiger partial charge in [0.25, 0.3) is 0 Å². The topological polar surface area (TPSA) is 12.0 Å². The zero-order chi connectivity index (χ0) is 31.4. The van der Waals surface area contributed by atoms with Crippen LogP contribution in [0.5, 0.6) is 0 Å². The van der Waals surface area contributed by atoms with Crippen LogP contribution in [-0.4, -0.2) is 12.6 Å². The minimum Gasteiger partial charge on any atom is -0.313 e. The Kier molecular flexibility index (Phi) is 8.43. The average Bonchev–Trinajstić information content (AvgIpc) is 3.68. The van der Waals surface area contributed by atoms with Crippen molar-refractivity contribution < 1.29 is 0 Å². The Morgan fingerprint density at radius 3 is 1.02 bits per heavy atom. The van der Waals surface area contributed by atoms with Crippen LogP contribution in [0.3, 0.4) is 0 Å². The average molecular weight is 598 g/mol. The summed E-state index contributed by atoms with van der Waals surface area (Å²) in [5.41, 5.74) is 10.1. The minimum atomic E-state index is -0.247. The summed E-state index contributed by atoms with van der Waals surface area (Å²) in [7, 11) is 0. The molecule has 46 heavy (non-hydrogen) atoms. The van der Waals surface area contributed by atoms with Crippen LogP contribution >= 0.6 is 0 Å². The summed E-state index contributed by atoms with van der Waals surface area (Å²) >= 11 is 0. The molecule has 1 fully saturated rings. The van der Waals surface area contributed by atoms with Gasteiger partial charge in [0.05, 0.1) is 0 Å². The molecule has 1 atom stereocenters. The van der Waals surface area contributed by atoms with Crippen LogP contribution in [0.1, 0.15) is 77.1 Å². The molecule has 0 saturated carbocycles. The third kappa shape index (κ3) is 5.50. The van der Waals surface area contributed by atoms with Crippen LogP contribution in [0, 0.1) is 0 Å². The zero-order valence-corrected chi connectivity index (χ0v) is 26.9. The van der Waals surface area contributed by atoms with Crippen molar-refractivity contribution in [2.24, 2.45) is 0 Å². The highest BCUT2D eigenvalue weighted by Crippen LogP contribution is 2.42. The Hall–Kier alpha value is -4.72. The second kappa shape index (κ2) is 12.9. The summed E-state index contributed by atoms with van der Waals surface area (Å²) in [6.07, 6.45) is 2.41. The lowest BCUT2D eigenvalue weighted by Gasteiger charge is -2.33. The second-order valence-corrected chi connectivity index (χ2v) is 13.1. The van der Waals surface area contributed by atoms with Crippen molar-refractivity contribution in [3.63, 3.8) is 0 Å². The fourth-order valence-electron chi connectivity index (χ4n) is 7.79. The predicted molar refractivity (Wildman–Crippen MR) is 193 cm³/mol. The molecule has 1 heteroatoms. The van der Waals surface area contributed by atoms with Crippen molar-refractivity contribution in [1.29, 1.82) is 0 Å². The minimum absolute atomic E-state index is 0.247. The van der Waals surface area contributed by atoms with Crippen LogP contribution in [0.2, 0.25) is 0 Å². The summed E-state index contributed by atoms with van der Waals surface area (Å²) in [5, 5.41) is 3.85. The normalized spacial score (nSPS) is 15.2. The van der Waals surface area contributed by atoms with Crippen molar-refractivity contribution >= 4 is 0 Å². The number of benzene rings is 6. The molecule has 0 aromatic heterocycles. The van der Waals surface area contributed by atoms with E-state index in [1.165, 1.54) is 57.3 Å². The molecule has 1 N–H and O–H groups in total. The van der Waals surface area contributed by atoms with Crippen LogP contribution < -0.4 is 5.32 Å². The van der Waals surface area contributed by atoms with E-state index < -0.39 is 0 Å². The maximum absolute atomic E-state index is 3.85. The first-order chi connectivity index (χ1) is 22.6. The van der Waals surface area contributed by atoms with Crippen molar-refractivity contribution in [2.45, 2.75) is 49.5 Å². The largest absolute Gasteiger partial charge is 0.313 e. The van der Waals surface area contributed by atoms with Gasteiger partial charge in [-0.3, -0.25) is 0 Å². The van der Waals surface area contributed by atoms with Gasteiger partial charge in [0.2, 0.25) is 0 Å². The van der Waals surface area contributed by atoms with E-state index in [-0.39, 0.29) is 16.7 Å². The third-order valence-corrected chi connectivity index (χ3v) is 10.6. The Labute approximate surface area is 275 Å². The highest BCUT2D eigenvalue weighted by molar-refractivity contribution is 5.53. The summed E-state index contributed by atoms with van der Waals surface area (Å²) in [5.74, 6) is 0.282. The fraction of sp³-hybridized carbons (Fsp3) is 0.200. The molecule has 7 rings (SSSR count). The highest BCUT2D eigenvalue weighted by Gasteiger charge is 2.34. The van der Waals surface area contributed by atoms with Crippen LogP contribution in [-0.2, 0) is 10.8 Å². The standard InChI is InChI=1S/C45H43N/c1-44(36-16-7-3-8-17-36,37-18-9-4-10-19-37)40-29-25-34(26-30-40)43(42-24-15-33-46-42)35-27-31-41(32-28-35)45(2,38-20-11-5-12-21-38)39-22-13-6-14-23-39/h3-14,16-23,25-32,42-43,46H,15,24,33H2,1-2H3/t42-/m0/s1. The first-order valence-electron chi connectivity index (χ1n) is 16.7. The van der Waals surface area contributed by atoms with Crippen molar-refractivity contribution in [3.8, 4) is 0 Å². The molecule has 0 bridgehead atoms. The highest BCUT2D eigenvalue weighted by atomic mass is 14.9. The summed E-state index contributed by atoms with van der Waals surface area (Å²) in [6, 6.07) is 63.1. The van der Waals surface area contributed by atoms with Gasteiger partial charge in [-0.2, -0.15) is 0 Å². The molecule has 6 aromatic rings. The number of nitrogens with one attached hydrogen (secondary N) is 1. The van der Waals surface area contributed by atoms with E-state index in [4.69, 9.17) is 0 Å². The molecule has 1 aliphatic rings. The van der Waals surface area contributed by atoms with E-state index in [0.29, 0.717) is 6.04 Å². The lowest BCUT2D eigenvalue weighted by atomic mass is 9.70. The number of hydrogen-bond acceptors (Lipinski definition) is 1. The van der Waals surface area contributed by atoms with E-state index in [9.17, 15) is 0 Å². The molecular weight excluding hydrogens is 555 g/mol. The monoisotopic (exact) mass is 597 g/mol. The molecular formula is C45H43N. The molecule has 6 aromatic carbocycles. The lowest BCUT2D eigenvalue weighted by Crippen LogP contribution is -2.30. The van der Waals surface area contributed by atoms with Crippen LogP contribution in [0.15, 0.2) is 170 Å². The molecule has 0 aliphatic carbocycles. The molecule has 228 valence electrons. The van der Waals surface area contributed by atoms with Gasteiger partial charge in [-0.1, -0.05) is 170 Å². The maximum Gasteiger partial charge on any atom is 0.0423 e. The summed E-state index contributed by atoms with van der Waals surface area (Å²) < 4.78 is 0. The van der Waals surface area contributed by atoms with Crippen molar-refractivity contribution in [3.05, 3.63) is 214 Å². The van der Waals surface area contributed by atoms with E-state index >= 15 is 0 Å². The van der Waals surface area contributed by atoms with Gasteiger partial charge in [0.15, 0.2) is 0 Å². The molecule has 1 saturated heterocycles. The molecule has 0 unspecified atom stereocenters. The molecule has 1 heterocycles. The van der Waals surface area contributed by atoms with Gasteiger partial charge >= 0.3 is 0 Å². The molecule has 0 spiro atoms. The van der Waals surface area contributed by atoms with Crippen LogP contribution in [0.4, 0.5) is 0 Å². The Bertz CT molecular complexity index is 1610. The van der Waals surface area contributed by atoms with Gasteiger partial charge in [0, 0.05) is 22.8 Å². The second-order valence-electron chi connectivity index (χ2n) is 13.1. The van der Waals surface area contributed by atoms with E-state index in [2.05, 4.69) is 189 Å². The first-order valence-corrected chi connectivity index (χ1v) is 16.7. The van der Waals surface area contributed by atoms with Gasteiger partial charge in [-0.15, -0.1) is 0 Å². The van der Waals surface area contributed by atoms with Gasteiger partial charge in [-0.05, 0) is 77.7 Å². The van der Waals surface area contributed by atoms with E-state index in [1.807, 2.05) is 0 Å².